The van der Waals surface area contributed by atoms with Crippen LogP contribution < -0.4 is 16.2 Å². The summed E-state index contributed by atoms with van der Waals surface area (Å²) in [4.78, 5) is 10.3. The molecule has 69 valence electrons. The van der Waals surface area contributed by atoms with Gasteiger partial charge in [-0.3, -0.25) is 10.5 Å². The van der Waals surface area contributed by atoms with Gasteiger partial charge in [-0.15, -0.1) is 0 Å². The van der Waals surface area contributed by atoms with E-state index in [1.54, 1.807) is 12.1 Å². The molecule has 0 heterocycles. The van der Waals surface area contributed by atoms with Crippen molar-refractivity contribution in [3.63, 3.8) is 0 Å². The predicted octanol–water partition coefficient (Wildman–Crippen LogP) is 0.334. The topological polar surface area (TPSA) is 76.1 Å². The zero-order valence-electron chi connectivity index (χ0n) is 7.12. The first-order chi connectivity index (χ1) is 6.22. The third-order valence-electron chi connectivity index (χ3n) is 1.53. The lowest BCUT2D eigenvalue weighted by molar-refractivity contribution is -0.120. The Morgan fingerprint density at radius 3 is 2.46 bits per heavy atom. The molecule has 1 aromatic carbocycles. The number of nitrogens with two attached hydrogens (primary N) is 1. The molecule has 1 amide bonds. The predicted molar refractivity (Wildman–Crippen MR) is 47.9 cm³/mol. The van der Waals surface area contributed by atoms with Crippen LogP contribution in [0.25, 0.3) is 0 Å². The van der Waals surface area contributed by atoms with Crippen molar-refractivity contribution < 1.29 is 9.53 Å². The van der Waals surface area contributed by atoms with Gasteiger partial charge in [0.1, 0.15) is 5.75 Å². The number of ether oxygens (including phenoxy) is 1. The lowest BCUT2D eigenvalue weighted by atomic mass is 10.2. The fraction of sp³-hybridized carbons (Fsp3) is 0.222. The van der Waals surface area contributed by atoms with Gasteiger partial charge in [-0.25, -0.2) is 0 Å². The minimum Gasteiger partial charge on any atom is -0.484 e. The molecule has 0 saturated carbocycles. The zero-order valence-corrected chi connectivity index (χ0v) is 7.12. The smallest absolute Gasteiger partial charge is 0.276 e. The Balaban J connectivity index is 2.54. The molecule has 0 aliphatic carbocycles. The first kappa shape index (κ1) is 9.54. The summed E-state index contributed by atoms with van der Waals surface area (Å²) in [6.07, 6.45) is 0. The van der Waals surface area contributed by atoms with E-state index in [-0.39, 0.29) is 6.61 Å². The molecule has 0 bridgehead atoms. The van der Waals surface area contributed by atoms with E-state index in [9.17, 15) is 4.79 Å². The Bertz CT molecular complexity index is 282. The summed E-state index contributed by atoms with van der Waals surface area (Å²) in [6.45, 7) is 0.277. The molecule has 1 aromatic rings. The highest BCUT2D eigenvalue weighted by Gasteiger charge is 1.97. The third-order valence-corrected chi connectivity index (χ3v) is 1.53. The van der Waals surface area contributed by atoms with Crippen molar-refractivity contribution in [3.05, 3.63) is 29.8 Å². The molecule has 4 nitrogen and oxygen atoms in total. The average molecular weight is 179 g/mol. The Morgan fingerprint density at radius 2 is 2.00 bits per heavy atom. The Hall–Kier alpha value is -1.55. The van der Waals surface area contributed by atoms with E-state index in [0.717, 1.165) is 5.56 Å². The molecule has 0 fully saturated rings. The van der Waals surface area contributed by atoms with Crippen LogP contribution in [0.1, 0.15) is 5.56 Å². The van der Waals surface area contributed by atoms with Crippen molar-refractivity contribution in [1.29, 1.82) is 0 Å². The van der Waals surface area contributed by atoms with Gasteiger partial charge in [-0.1, -0.05) is 12.1 Å². The standard InChI is InChI=1S/C9H11N2O2/c10-5-7-1-3-8(4-2-7)13-6-9(11)12/h1-4,11H,5-6,10H2. The molecule has 0 aliphatic heterocycles. The Labute approximate surface area is 76.5 Å². The van der Waals surface area contributed by atoms with Crippen LogP contribution in [0, 0.1) is 0 Å². The Kier molecular flexibility index (Phi) is 3.28. The number of hydrogen-bond donors (Lipinski definition) is 1. The number of benzene rings is 1. The highest BCUT2D eigenvalue weighted by Crippen LogP contribution is 2.11. The number of amides is 1. The molecule has 0 unspecified atom stereocenters. The van der Waals surface area contributed by atoms with E-state index >= 15 is 0 Å². The zero-order chi connectivity index (χ0) is 9.68. The molecule has 0 saturated heterocycles. The maximum Gasteiger partial charge on any atom is 0.276 e. The SMILES string of the molecule is [NH]C(=O)COc1ccc(CN)cc1. The minimum atomic E-state index is -0.733. The first-order valence-electron chi connectivity index (χ1n) is 3.88. The second kappa shape index (κ2) is 4.47. The van der Waals surface area contributed by atoms with Gasteiger partial charge >= 0.3 is 0 Å². The van der Waals surface area contributed by atoms with E-state index in [0.29, 0.717) is 12.3 Å². The van der Waals surface area contributed by atoms with E-state index in [1.807, 2.05) is 12.1 Å². The summed E-state index contributed by atoms with van der Waals surface area (Å²) >= 11 is 0. The molecule has 3 N–H and O–H groups in total. The highest BCUT2D eigenvalue weighted by molar-refractivity contribution is 5.74. The van der Waals surface area contributed by atoms with E-state index < -0.39 is 5.91 Å². The quantitative estimate of drug-likeness (QED) is 0.723. The first-order valence-corrected chi connectivity index (χ1v) is 3.88. The van der Waals surface area contributed by atoms with Crippen LogP contribution in [0.2, 0.25) is 0 Å². The number of carbonyl (C=O) groups excluding carboxylic acids is 1. The van der Waals surface area contributed by atoms with Crippen molar-refractivity contribution in [1.82, 2.24) is 5.73 Å². The van der Waals surface area contributed by atoms with Gasteiger partial charge < -0.3 is 10.5 Å². The molecule has 0 atom stereocenters. The van der Waals surface area contributed by atoms with Gasteiger partial charge in [-0.05, 0) is 17.7 Å². The summed E-state index contributed by atoms with van der Waals surface area (Å²) in [5.41, 5.74) is 13.0. The van der Waals surface area contributed by atoms with E-state index in [1.165, 1.54) is 0 Å². The lowest BCUT2D eigenvalue weighted by Gasteiger charge is -2.03. The number of carbonyl (C=O) groups is 1. The number of nitrogens with one attached hydrogen (secondary N) is 1. The van der Waals surface area contributed by atoms with Crippen LogP contribution in [0.5, 0.6) is 5.75 Å². The molecule has 0 aromatic heterocycles. The normalized spacial score (nSPS) is 9.62. The maximum atomic E-state index is 10.3. The highest BCUT2D eigenvalue weighted by atomic mass is 16.5. The van der Waals surface area contributed by atoms with Gasteiger partial charge in [-0.2, -0.15) is 0 Å². The largest absolute Gasteiger partial charge is 0.484 e. The molecule has 0 aliphatic rings. The molecule has 13 heavy (non-hydrogen) atoms. The van der Waals surface area contributed by atoms with E-state index in [2.05, 4.69) is 0 Å². The summed E-state index contributed by atoms with van der Waals surface area (Å²) < 4.78 is 4.99. The molecule has 0 spiro atoms. The molecular formula is C9H11N2O2. The summed E-state index contributed by atoms with van der Waals surface area (Å²) in [5, 5.41) is 0. The van der Waals surface area contributed by atoms with Crippen molar-refractivity contribution in [2.75, 3.05) is 6.61 Å². The summed E-state index contributed by atoms with van der Waals surface area (Å²) in [7, 11) is 0. The van der Waals surface area contributed by atoms with Crippen LogP contribution in [0.15, 0.2) is 24.3 Å². The number of hydrogen-bond acceptors (Lipinski definition) is 3. The van der Waals surface area contributed by atoms with Gasteiger partial charge in [0.25, 0.3) is 5.91 Å². The average Bonchev–Trinajstić information content (AvgIpc) is 2.15. The second-order valence-corrected chi connectivity index (χ2v) is 2.56. The van der Waals surface area contributed by atoms with Crippen molar-refractivity contribution in [2.24, 2.45) is 5.73 Å². The monoisotopic (exact) mass is 179 g/mol. The molecule has 4 heteroatoms. The van der Waals surface area contributed by atoms with E-state index in [4.69, 9.17) is 16.2 Å². The second-order valence-electron chi connectivity index (χ2n) is 2.56. The fourth-order valence-electron chi connectivity index (χ4n) is 0.871. The van der Waals surface area contributed by atoms with Crippen LogP contribution >= 0.6 is 0 Å². The van der Waals surface area contributed by atoms with Gasteiger partial charge in [0, 0.05) is 6.54 Å². The summed E-state index contributed by atoms with van der Waals surface area (Å²) in [5.74, 6) is -0.152. The molecule has 1 radical (unpaired) electrons. The van der Waals surface area contributed by atoms with Crippen LogP contribution in [0.4, 0.5) is 0 Å². The Morgan fingerprint density at radius 1 is 1.38 bits per heavy atom. The van der Waals surface area contributed by atoms with Crippen molar-refractivity contribution in [2.45, 2.75) is 6.54 Å². The molecular weight excluding hydrogens is 168 g/mol. The van der Waals surface area contributed by atoms with Gasteiger partial charge in [0.05, 0.1) is 0 Å². The van der Waals surface area contributed by atoms with Crippen LogP contribution in [-0.4, -0.2) is 12.5 Å². The van der Waals surface area contributed by atoms with Crippen molar-refractivity contribution >= 4 is 5.91 Å². The minimum absolute atomic E-state index is 0.206. The lowest BCUT2D eigenvalue weighted by Crippen LogP contribution is -2.11. The fourth-order valence-corrected chi connectivity index (χ4v) is 0.871. The van der Waals surface area contributed by atoms with Gasteiger partial charge in [0.15, 0.2) is 6.61 Å². The van der Waals surface area contributed by atoms with Crippen LogP contribution in [0.3, 0.4) is 0 Å². The van der Waals surface area contributed by atoms with Gasteiger partial charge in [0.2, 0.25) is 0 Å². The van der Waals surface area contributed by atoms with Crippen molar-refractivity contribution in [3.8, 4) is 5.75 Å². The van der Waals surface area contributed by atoms with Crippen LogP contribution in [-0.2, 0) is 11.3 Å². The number of rotatable bonds is 4. The summed E-state index contributed by atoms with van der Waals surface area (Å²) in [6, 6.07) is 7.10. The molecule has 1 rings (SSSR count). The third kappa shape index (κ3) is 3.13. The maximum absolute atomic E-state index is 10.3.